The summed E-state index contributed by atoms with van der Waals surface area (Å²) in [6.07, 6.45) is 0. The molecule has 0 N–H and O–H groups in total. The lowest BCUT2D eigenvalue weighted by Crippen LogP contribution is -1.97. The Hall–Kier alpha value is -2.67. The molecular formula is C13H9ClN2O5. The van der Waals surface area contributed by atoms with Crippen molar-refractivity contribution in [3.63, 3.8) is 0 Å². The third kappa shape index (κ3) is 3.26. The second-order valence-corrected chi connectivity index (χ2v) is 4.64. The summed E-state index contributed by atoms with van der Waals surface area (Å²) < 4.78 is 5.33. The molecule has 108 valence electrons. The number of ether oxygens (including phenoxy) is 1. The van der Waals surface area contributed by atoms with E-state index in [2.05, 4.69) is 0 Å². The van der Waals surface area contributed by atoms with Gasteiger partial charge in [-0.3, -0.25) is 20.2 Å². The van der Waals surface area contributed by atoms with Crippen LogP contribution in [0.5, 0.6) is 11.5 Å². The van der Waals surface area contributed by atoms with Gasteiger partial charge in [-0.15, -0.1) is 0 Å². The number of benzene rings is 2. The Morgan fingerprint density at radius 3 is 2.24 bits per heavy atom. The molecule has 8 heteroatoms. The molecule has 0 spiro atoms. The topological polar surface area (TPSA) is 95.5 Å². The zero-order valence-corrected chi connectivity index (χ0v) is 11.5. The number of nitrogens with zero attached hydrogens (tertiary/aromatic N) is 2. The number of nitro groups is 2. The van der Waals surface area contributed by atoms with Gasteiger partial charge >= 0.3 is 11.4 Å². The third-order valence-electron chi connectivity index (χ3n) is 2.65. The minimum absolute atomic E-state index is 0.0871. The maximum atomic E-state index is 11.0. The van der Waals surface area contributed by atoms with Crippen molar-refractivity contribution in [1.29, 1.82) is 0 Å². The average molecular weight is 309 g/mol. The fraction of sp³-hybridized carbons (Fsp3) is 0.0769. The van der Waals surface area contributed by atoms with Crippen molar-refractivity contribution in [3.05, 3.63) is 67.2 Å². The van der Waals surface area contributed by atoms with Gasteiger partial charge < -0.3 is 4.74 Å². The fourth-order valence-corrected chi connectivity index (χ4v) is 1.86. The molecule has 0 saturated heterocycles. The van der Waals surface area contributed by atoms with E-state index in [1.807, 2.05) is 0 Å². The van der Waals surface area contributed by atoms with Crippen LogP contribution >= 0.6 is 11.6 Å². The molecule has 0 bridgehead atoms. The van der Waals surface area contributed by atoms with Crippen LogP contribution in [0.3, 0.4) is 0 Å². The number of nitro benzene ring substituents is 2. The molecule has 2 rings (SSSR count). The van der Waals surface area contributed by atoms with Crippen molar-refractivity contribution < 1.29 is 14.6 Å². The van der Waals surface area contributed by atoms with Gasteiger partial charge in [0.1, 0.15) is 0 Å². The summed E-state index contributed by atoms with van der Waals surface area (Å²) in [5.41, 5.74) is 0.0770. The highest BCUT2D eigenvalue weighted by Crippen LogP contribution is 2.37. The highest BCUT2D eigenvalue weighted by atomic mass is 35.5. The summed E-state index contributed by atoms with van der Waals surface area (Å²) >= 11 is 5.78. The normalized spacial score (nSPS) is 10.2. The number of halogens is 1. The first-order valence-corrected chi connectivity index (χ1v) is 6.13. The molecule has 2 aromatic carbocycles. The Morgan fingerprint density at radius 2 is 1.62 bits per heavy atom. The molecule has 0 aliphatic carbocycles. The van der Waals surface area contributed by atoms with E-state index >= 15 is 0 Å². The number of aryl methyl sites for hydroxylation is 1. The Bertz CT molecular complexity index is 732. The quantitative estimate of drug-likeness (QED) is 0.621. The molecular weight excluding hydrogens is 300 g/mol. The molecule has 0 aliphatic heterocycles. The first-order chi connectivity index (χ1) is 9.88. The molecule has 0 fully saturated rings. The lowest BCUT2D eigenvalue weighted by molar-refractivity contribution is -0.387. The van der Waals surface area contributed by atoms with Crippen LogP contribution in [0.25, 0.3) is 0 Å². The molecule has 0 unspecified atom stereocenters. The summed E-state index contributed by atoms with van der Waals surface area (Å²) in [5, 5.41) is 22.2. The second-order valence-electron chi connectivity index (χ2n) is 4.20. The monoisotopic (exact) mass is 308 g/mol. The SMILES string of the molecule is Cc1ccc(Oc2cc(Cl)ccc2[N+](=O)[O-])c([N+](=O)[O-])c1. The van der Waals surface area contributed by atoms with Crippen LogP contribution in [0.1, 0.15) is 5.56 Å². The predicted octanol–water partition coefficient (Wildman–Crippen LogP) is 4.26. The van der Waals surface area contributed by atoms with E-state index < -0.39 is 9.85 Å². The summed E-state index contributed by atoms with van der Waals surface area (Å²) in [7, 11) is 0. The van der Waals surface area contributed by atoms with E-state index in [0.717, 1.165) is 0 Å². The van der Waals surface area contributed by atoms with Crippen molar-refractivity contribution in [3.8, 4) is 11.5 Å². The highest BCUT2D eigenvalue weighted by molar-refractivity contribution is 6.30. The molecule has 7 nitrogen and oxygen atoms in total. The zero-order valence-electron chi connectivity index (χ0n) is 10.8. The standard InChI is InChI=1S/C13H9ClN2O5/c1-8-2-5-12(11(6-8)16(19)20)21-13-7-9(14)3-4-10(13)15(17)18/h2-7H,1H3. The molecule has 2 aromatic rings. The van der Waals surface area contributed by atoms with E-state index in [9.17, 15) is 20.2 Å². The first-order valence-electron chi connectivity index (χ1n) is 5.75. The lowest BCUT2D eigenvalue weighted by atomic mass is 10.2. The molecule has 0 atom stereocenters. The van der Waals surface area contributed by atoms with Gasteiger partial charge in [-0.2, -0.15) is 0 Å². The van der Waals surface area contributed by atoms with Crippen LogP contribution < -0.4 is 4.74 Å². The minimum atomic E-state index is -0.647. The molecule has 0 amide bonds. The van der Waals surface area contributed by atoms with Gasteiger partial charge in [-0.05, 0) is 24.6 Å². The van der Waals surface area contributed by atoms with Gasteiger partial charge in [0, 0.05) is 23.2 Å². The van der Waals surface area contributed by atoms with Gasteiger partial charge in [0.25, 0.3) is 0 Å². The number of hydrogen-bond acceptors (Lipinski definition) is 5. The maximum absolute atomic E-state index is 11.0. The van der Waals surface area contributed by atoms with Crippen molar-refractivity contribution in [1.82, 2.24) is 0 Å². The molecule has 0 heterocycles. The first kappa shape index (κ1) is 14.7. The van der Waals surface area contributed by atoms with Gasteiger partial charge in [-0.25, -0.2) is 0 Å². The number of hydrogen-bond donors (Lipinski definition) is 0. The predicted molar refractivity (Wildman–Crippen MR) is 76.0 cm³/mol. The number of rotatable bonds is 4. The van der Waals surface area contributed by atoms with Crippen LogP contribution in [-0.2, 0) is 0 Å². The Balaban J connectivity index is 2.50. The van der Waals surface area contributed by atoms with Gasteiger partial charge in [0.2, 0.25) is 11.5 Å². The van der Waals surface area contributed by atoms with Crippen LogP contribution in [0.15, 0.2) is 36.4 Å². The van der Waals surface area contributed by atoms with Crippen LogP contribution in [0, 0.1) is 27.2 Å². The van der Waals surface area contributed by atoms with Crippen molar-refractivity contribution in [2.75, 3.05) is 0 Å². The van der Waals surface area contributed by atoms with Gasteiger partial charge in [0.05, 0.1) is 9.85 Å². The second kappa shape index (κ2) is 5.76. The zero-order chi connectivity index (χ0) is 15.6. The Kier molecular flexibility index (Phi) is 4.04. The van der Waals surface area contributed by atoms with E-state index in [0.29, 0.717) is 5.56 Å². The molecule has 0 aliphatic rings. The fourth-order valence-electron chi connectivity index (χ4n) is 1.70. The third-order valence-corrected chi connectivity index (χ3v) is 2.88. The minimum Gasteiger partial charge on any atom is -0.443 e. The van der Waals surface area contributed by atoms with Crippen molar-refractivity contribution >= 4 is 23.0 Å². The summed E-state index contributed by atoms with van der Waals surface area (Å²) in [4.78, 5) is 20.7. The van der Waals surface area contributed by atoms with Crippen LogP contribution in [-0.4, -0.2) is 9.85 Å². The largest absolute Gasteiger partial charge is 0.443 e. The van der Waals surface area contributed by atoms with E-state index in [4.69, 9.17) is 16.3 Å². The van der Waals surface area contributed by atoms with Gasteiger partial charge in [0.15, 0.2) is 0 Å². The smallest absolute Gasteiger partial charge is 0.311 e. The summed E-state index contributed by atoms with van der Waals surface area (Å²) in [6.45, 7) is 1.69. The summed E-state index contributed by atoms with van der Waals surface area (Å²) in [5.74, 6) is -0.240. The highest BCUT2D eigenvalue weighted by Gasteiger charge is 2.21. The van der Waals surface area contributed by atoms with Crippen molar-refractivity contribution in [2.24, 2.45) is 0 Å². The molecule has 0 saturated carbocycles. The van der Waals surface area contributed by atoms with E-state index in [1.54, 1.807) is 13.0 Å². The lowest BCUT2D eigenvalue weighted by Gasteiger charge is -2.07. The van der Waals surface area contributed by atoms with Crippen LogP contribution in [0.2, 0.25) is 5.02 Å². The van der Waals surface area contributed by atoms with Gasteiger partial charge in [-0.1, -0.05) is 17.7 Å². The Morgan fingerprint density at radius 1 is 0.952 bits per heavy atom. The van der Waals surface area contributed by atoms with E-state index in [1.165, 1.54) is 30.3 Å². The molecule has 0 radical (unpaired) electrons. The summed E-state index contributed by atoms with van der Waals surface area (Å²) in [6, 6.07) is 8.08. The van der Waals surface area contributed by atoms with Crippen LogP contribution in [0.4, 0.5) is 11.4 Å². The molecule has 21 heavy (non-hydrogen) atoms. The molecule has 0 aromatic heterocycles. The average Bonchev–Trinajstić information content (AvgIpc) is 2.40. The maximum Gasteiger partial charge on any atom is 0.311 e. The van der Waals surface area contributed by atoms with Crippen molar-refractivity contribution in [2.45, 2.75) is 6.92 Å². The van der Waals surface area contributed by atoms with E-state index in [-0.39, 0.29) is 27.9 Å². The Labute approximate surface area is 124 Å².